The minimum absolute atomic E-state index is 0.0472. The number of carbonyl (C=O) groups excluding carboxylic acids is 1. The summed E-state index contributed by atoms with van der Waals surface area (Å²) < 4.78 is 5.21. The predicted molar refractivity (Wildman–Crippen MR) is 51.9 cm³/mol. The van der Waals surface area contributed by atoms with Crippen molar-refractivity contribution in [1.82, 2.24) is 0 Å². The molecule has 2 nitrogen and oxygen atoms in total. The van der Waals surface area contributed by atoms with Crippen molar-refractivity contribution < 1.29 is 9.53 Å². The summed E-state index contributed by atoms with van der Waals surface area (Å²) in [4.78, 5) is 11.0. The molecule has 1 rings (SSSR count). The van der Waals surface area contributed by atoms with E-state index in [2.05, 4.69) is 0 Å². The first kappa shape index (κ1) is 9.52. The second-order valence-corrected chi connectivity index (χ2v) is 2.67. The highest BCUT2D eigenvalue weighted by Crippen LogP contribution is 2.13. The van der Waals surface area contributed by atoms with E-state index in [4.69, 9.17) is 4.74 Å². The second-order valence-electron chi connectivity index (χ2n) is 2.67. The molecule has 0 aliphatic rings. The van der Waals surface area contributed by atoms with Crippen molar-refractivity contribution in [3.8, 4) is 5.75 Å². The topological polar surface area (TPSA) is 26.3 Å². The van der Waals surface area contributed by atoms with Gasteiger partial charge in [0.1, 0.15) is 5.75 Å². The molecule has 0 aliphatic carbocycles. The lowest BCUT2D eigenvalue weighted by Gasteiger charge is -2.00. The van der Waals surface area contributed by atoms with Gasteiger partial charge in [0.25, 0.3) is 0 Å². The Hall–Kier alpha value is -1.57. The first-order valence-electron chi connectivity index (χ1n) is 4.13. The summed E-state index contributed by atoms with van der Waals surface area (Å²) >= 11 is 0. The number of ether oxygens (including phenoxy) is 1. The molecule has 0 heterocycles. The van der Waals surface area contributed by atoms with Crippen molar-refractivity contribution in [3.05, 3.63) is 42.2 Å². The Balaban J connectivity index is 2.85. The van der Waals surface area contributed by atoms with Gasteiger partial charge in [-0.25, -0.2) is 0 Å². The van der Waals surface area contributed by atoms with Gasteiger partial charge in [-0.3, -0.25) is 4.79 Å². The van der Waals surface area contributed by atoms with Gasteiger partial charge in [-0.2, -0.15) is 0 Å². The van der Waals surface area contributed by atoms with Crippen molar-refractivity contribution in [2.75, 3.05) is 0 Å². The highest BCUT2D eigenvalue weighted by atomic mass is 16.5. The predicted octanol–water partition coefficient (Wildman–Crippen LogP) is 2.80. The third-order valence-electron chi connectivity index (χ3n) is 1.58. The molecule has 0 fully saturated rings. The van der Waals surface area contributed by atoms with Gasteiger partial charge in [0.05, 0.1) is 6.26 Å². The van der Waals surface area contributed by atoms with Gasteiger partial charge in [0, 0.05) is 5.56 Å². The van der Waals surface area contributed by atoms with Crippen LogP contribution in [0.4, 0.5) is 0 Å². The molecular weight excluding hydrogens is 164 g/mol. The summed E-state index contributed by atoms with van der Waals surface area (Å²) in [5.41, 5.74) is 0.669. The van der Waals surface area contributed by atoms with Gasteiger partial charge in [0.15, 0.2) is 5.78 Å². The molecule has 0 spiro atoms. The van der Waals surface area contributed by atoms with E-state index in [0.717, 1.165) is 0 Å². The Morgan fingerprint density at radius 2 is 2.23 bits per heavy atom. The summed E-state index contributed by atoms with van der Waals surface area (Å²) in [6.45, 7) is 3.41. The summed E-state index contributed by atoms with van der Waals surface area (Å²) in [6.07, 6.45) is 3.37. The minimum atomic E-state index is 0.0472. The standard InChI is InChI=1S/C11H12O2/c1-3-7-13-11-6-4-5-10(8-11)9(2)12/h3-8H,1-2H3. The van der Waals surface area contributed by atoms with Gasteiger partial charge in [-0.05, 0) is 26.0 Å². The van der Waals surface area contributed by atoms with Crippen molar-refractivity contribution in [2.45, 2.75) is 13.8 Å². The molecule has 0 atom stereocenters. The van der Waals surface area contributed by atoms with Crippen LogP contribution in [-0.2, 0) is 0 Å². The van der Waals surface area contributed by atoms with Crippen LogP contribution in [0.5, 0.6) is 5.75 Å². The minimum Gasteiger partial charge on any atom is -0.465 e. The van der Waals surface area contributed by atoms with Crippen LogP contribution in [-0.4, -0.2) is 5.78 Å². The first-order valence-corrected chi connectivity index (χ1v) is 4.13. The highest BCUT2D eigenvalue weighted by molar-refractivity contribution is 5.94. The summed E-state index contributed by atoms with van der Waals surface area (Å²) in [5, 5.41) is 0. The molecule has 1 aromatic rings. The number of hydrogen-bond donors (Lipinski definition) is 0. The molecule has 1 aromatic carbocycles. The fraction of sp³-hybridized carbons (Fsp3) is 0.182. The number of benzene rings is 1. The number of rotatable bonds is 3. The van der Waals surface area contributed by atoms with Crippen LogP contribution in [0.15, 0.2) is 36.6 Å². The smallest absolute Gasteiger partial charge is 0.159 e. The molecule has 0 aliphatic heterocycles. The Labute approximate surface area is 77.8 Å². The maximum atomic E-state index is 11.0. The SMILES string of the molecule is CC=COc1cccc(C(C)=O)c1. The normalized spacial score (nSPS) is 10.3. The zero-order chi connectivity index (χ0) is 9.68. The van der Waals surface area contributed by atoms with E-state index < -0.39 is 0 Å². The molecule has 68 valence electrons. The highest BCUT2D eigenvalue weighted by Gasteiger charge is 1.99. The Bertz CT molecular complexity index is 327. The summed E-state index contributed by atoms with van der Waals surface area (Å²) in [6, 6.07) is 7.11. The van der Waals surface area contributed by atoms with Crippen LogP contribution in [0, 0.1) is 0 Å². The molecule has 0 unspecified atom stereocenters. The lowest BCUT2D eigenvalue weighted by atomic mass is 10.1. The monoisotopic (exact) mass is 176 g/mol. The molecule has 0 bridgehead atoms. The fourth-order valence-electron chi connectivity index (χ4n) is 0.935. The van der Waals surface area contributed by atoms with Gasteiger partial charge < -0.3 is 4.74 Å². The Morgan fingerprint density at radius 3 is 2.85 bits per heavy atom. The quantitative estimate of drug-likeness (QED) is 0.523. The van der Waals surface area contributed by atoms with Crippen LogP contribution in [0.1, 0.15) is 24.2 Å². The van der Waals surface area contributed by atoms with E-state index in [1.165, 1.54) is 6.92 Å². The van der Waals surface area contributed by atoms with E-state index in [1.807, 2.05) is 13.0 Å². The third-order valence-corrected chi connectivity index (χ3v) is 1.58. The fourth-order valence-corrected chi connectivity index (χ4v) is 0.935. The number of allylic oxidation sites excluding steroid dienone is 1. The molecule has 0 saturated heterocycles. The average Bonchev–Trinajstić information content (AvgIpc) is 2.15. The zero-order valence-electron chi connectivity index (χ0n) is 7.78. The average molecular weight is 176 g/mol. The van der Waals surface area contributed by atoms with Gasteiger partial charge in [-0.15, -0.1) is 0 Å². The van der Waals surface area contributed by atoms with Crippen LogP contribution in [0.2, 0.25) is 0 Å². The van der Waals surface area contributed by atoms with Crippen LogP contribution >= 0.6 is 0 Å². The summed E-state index contributed by atoms with van der Waals surface area (Å²) in [5.74, 6) is 0.733. The second kappa shape index (κ2) is 4.45. The number of ketones is 1. The molecule has 0 aromatic heterocycles. The molecule has 0 amide bonds. The molecular formula is C11H12O2. The van der Waals surface area contributed by atoms with E-state index in [9.17, 15) is 4.79 Å². The van der Waals surface area contributed by atoms with Crippen LogP contribution in [0.25, 0.3) is 0 Å². The van der Waals surface area contributed by atoms with Gasteiger partial charge in [-0.1, -0.05) is 18.2 Å². The van der Waals surface area contributed by atoms with Gasteiger partial charge >= 0.3 is 0 Å². The lowest BCUT2D eigenvalue weighted by molar-refractivity contribution is 0.101. The Kier molecular flexibility index (Phi) is 3.26. The van der Waals surface area contributed by atoms with E-state index in [-0.39, 0.29) is 5.78 Å². The molecule has 0 saturated carbocycles. The largest absolute Gasteiger partial charge is 0.465 e. The Morgan fingerprint density at radius 1 is 1.46 bits per heavy atom. The van der Waals surface area contributed by atoms with E-state index in [1.54, 1.807) is 30.5 Å². The zero-order valence-corrected chi connectivity index (χ0v) is 7.78. The maximum Gasteiger partial charge on any atom is 0.159 e. The number of hydrogen-bond acceptors (Lipinski definition) is 2. The first-order chi connectivity index (χ1) is 6.24. The van der Waals surface area contributed by atoms with Gasteiger partial charge in [0.2, 0.25) is 0 Å². The molecule has 0 radical (unpaired) electrons. The lowest BCUT2D eigenvalue weighted by Crippen LogP contribution is -1.91. The van der Waals surface area contributed by atoms with Crippen molar-refractivity contribution in [2.24, 2.45) is 0 Å². The molecule has 2 heteroatoms. The third kappa shape index (κ3) is 2.75. The van der Waals surface area contributed by atoms with Crippen molar-refractivity contribution >= 4 is 5.78 Å². The summed E-state index contributed by atoms with van der Waals surface area (Å²) in [7, 11) is 0. The van der Waals surface area contributed by atoms with Crippen LogP contribution in [0.3, 0.4) is 0 Å². The van der Waals surface area contributed by atoms with E-state index in [0.29, 0.717) is 11.3 Å². The maximum absolute atomic E-state index is 11.0. The van der Waals surface area contributed by atoms with E-state index >= 15 is 0 Å². The molecule has 13 heavy (non-hydrogen) atoms. The van der Waals surface area contributed by atoms with Crippen molar-refractivity contribution in [3.63, 3.8) is 0 Å². The van der Waals surface area contributed by atoms with Crippen molar-refractivity contribution in [1.29, 1.82) is 0 Å². The molecule has 0 N–H and O–H groups in total. The number of Topliss-reactive ketones (excluding diaryl/α,β-unsaturated/α-hetero) is 1. The van der Waals surface area contributed by atoms with Crippen LogP contribution < -0.4 is 4.74 Å². The number of carbonyl (C=O) groups is 1.